The van der Waals surface area contributed by atoms with Crippen molar-refractivity contribution in [1.29, 1.82) is 0 Å². The Kier molecular flexibility index (Phi) is 5.43. The fraction of sp³-hybridized carbons (Fsp3) is 0.409. The van der Waals surface area contributed by atoms with E-state index < -0.39 is 0 Å². The highest BCUT2D eigenvalue weighted by Crippen LogP contribution is 2.35. The summed E-state index contributed by atoms with van der Waals surface area (Å²) in [5.74, 6) is 0.782. The highest BCUT2D eigenvalue weighted by Gasteiger charge is 2.23. The van der Waals surface area contributed by atoms with E-state index in [1.807, 2.05) is 13.8 Å². The van der Waals surface area contributed by atoms with Crippen LogP contribution in [0.1, 0.15) is 47.8 Å². The summed E-state index contributed by atoms with van der Waals surface area (Å²) in [5.41, 5.74) is 4.29. The molecule has 1 aliphatic carbocycles. The number of carbonyl (C=O) groups excluding carboxylic acids is 1. The van der Waals surface area contributed by atoms with Gasteiger partial charge < -0.3 is 0 Å². The van der Waals surface area contributed by atoms with Crippen LogP contribution in [0.4, 0.5) is 0 Å². The van der Waals surface area contributed by atoms with Gasteiger partial charge in [0.25, 0.3) is 5.56 Å². The molecule has 0 radical (unpaired) electrons. The van der Waals surface area contributed by atoms with E-state index in [0.29, 0.717) is 17.3 Å². The standard InChI is InChI=1S/C22H24N2O2S2/c1-13-8-9-14(2)17(12-13)24-21(26)19-16-6-4-5-7-18(16)28-20(19)23-22(24)27-11-10-15(3)25/h8-9,12H,4-7,10-11H2,1-3H3. The molecule has 0 aliphatic heterocycles. The number of aryl methyl sites for hydroxylation is 4. The van der Waals surface area contributed by atoms with Crippen molar-refractivity contribution in [2.45, 2.75) is 58.0 Å². The number of thiophene rings is 1. The third kappa shape index (κ3) is 3.55. The summed E-state index contributed by atoms with van der Waals surface area (Å²) in [6.07, 6.45) is 4.82. The number of carbonyl (C=O) groups is 1. The minimum Gasteiger partial charge on any atom is -0.300 e. The maximum Gasteiger partial charge on any atom is 0.267 e. The van der Waals surface area contributed by atoms with E-state index in [2.05, 4.69) is 18.2 Å². The number of rotatable bonds is 5. The second-order valence-electron chi connectivity index (χ2n) is 7.52. The highest BCUT2D eigenvalue weighted by atomic mass is 32.2. The Labute approximate surface area is 173 Å². The zero-order valence-corrected chi connectivity index (χ0v) is 18.1. The van der Waals surface area contributed by atoms with Crippen LogP contribution in [0.25, 0.3) is 15.9 Å². The van der Waals surface area contributed by atoms with Crippen LogP contribution >= 0.6 is 23.1 Å². The van der Waals surface area contributed by atoms with Crippen LogP contribution in [0.2, 0.25) is 0 Å². The van der Waals surface area contributed by atoms with Gasteiger partial charge in [-0.25, -0.2) is 4.98 Å². The third-order valence-electron chi connectivity index (χ3n) is 5.25. The Morgan fingerprint density at radius 1 is 1.25 bits per heavy atom. The molecule has 1 aliphatic rings. The highest BCUT2D eigenvalue weighted by molar-refractivity contribution is 7.99. The lowest BCUT2D eigenvalue weighted by atomic mass is 9.97. The molecule has 0 bridgehead atoms. The molecule has 0 atom stereocenters. The van der Waals surface area contributed by atoms with Crippen LogP contribution < -0.4 is 5.56 Å². The Balaban J connectivity index is 1.95. The minimum atomic E-state index is 0.0309. The van der Waals surface area contributed by atoms with E-state index in [0.717, 1.165) is 46.3 Å². The molecule has 0 spiro atoms. The van der Waals surface area contributed by atoms with Crippen molar-refractivity contribution in [3.8, 4) is 5.69 Å². The van der Waals surface area contributed by atoms with Crippen LogP contribution in [0.3, 0.4) is 0 Å². The molecule has 0 saturated heterocycles. The van der Waals surface area contributed by atoms with Crippen molar-refractivity contribution in [3.05, 3.63) is 50.1 Å². The van der Waals surface area contributed by atoms with Gasteiger partial charge in [0.05, 0.1) is 11.1 Å². The lowest BCUT2D eigenvalue weighted by Crippen LogP contribution is -2.23. The summed E-state index contributed by atoms with van der Waals surface area (Å²) in [6, 6.07) is 6.16. The van der Waals surface area contributed by atoms with Gasteiger partial charge in [-0.05, 0) is 69.2 Å². The van der Waals surface area contributed by atoms with Crippen molar-refractivity contribution < 1.29 is 4.79 Å². The monoisotopic (exact) mass is 412 g/mol. The number of thioether (sulfide) groups is 1. The molecule has 28 heavy (non-hydrogen) atoms. The summed E-state index contributed by atoms with van der Waals surface area (Å²) in [4.78, 5) is 32.2. The second-order valence-corrected chi connectivity index (χ2v) is 9.66. The van der Waals surface area contributed by atoms with E-state index in [-0.39, 0.29) is 11.3 Å². The molecular formula is C22H24N2O2S2. The van der Waals surface area contributed by atoms with Crippen LogP contribution in [0.15, 0.2) is 28.2 Å². The largest absolute Gasteiger partial charge is 0.300 e. The second kappa shape index (κ2) is 7.84. The Morgan fingerprint density at radius 3 is 2.82 bits per heavy atom. The molecule has 0 unspecified atom stereocenters. The van der Waals surface area contributed by atoms with Gasteiger partial charge in [-0.15, -0.1) is 11.3 Å². The van der Waals surface area contributed by atoms with Gasteiger partial charge in [-0.1, -0.05) is 23.9 Å². The maximum absolute atomic E-state index is 13.7. The van der Waals surface area contributed by atoms with E-state index >= 15 is 0 Å². The van der Waals surface area contributed by atoms with Gasteiger partial charge in [0, 0.05) is 17.1 Å². The zero-order valence-electron chi connectivity index (χ0n) is 16.5. The van der Waals surface area contributed by atoms with Crippen molar-refractivity contribution in [2.24, 2.45) is 0 Å². The van der Waals surface area contributed by atoms with Gasteiger partial charge in [0.2, 0.25) is 0 Å². The molecule has 2 aromatic heterocycles. The number of hydrogen-bond donors (Lipinski definition) is 0. The SMILES string of the molecule is CC(=O)CCSc1nc2sc3c(c2c(=O)n1-c1cc(C)ccc1C)CCCC3. The number of aromatic nitrogens is 2. The first-order chi connectivity index (χ1) is 13.5. The van der Waals surface area contributed by atoms with Crippen molar-refractivity contribution >= 4 is 39.1 Å². The van der Waals surface area contributed by atoms with Crippen LogP contribution in [0.5, 0.6) is 0 Å². The molecule has 146 valence electrons. The maximum atomic E-state index is 13.7. The smallest absolute Gasteiger partial charge is 0.267 e. The Morgan fingerprint density at radius 2 is 2.04 bits per heavy atom. The van der Waals surface area contributed by atoms with E-state index in [1.54, 1.807) is 22.8 Å². The molecule has 4 rings (SSSR count). The molecule has 3 aromatic rings. The molecule has 2 heterocycles. The number of nitrogens with zero attached hydrogens (tertiary/aromatic N) is 2. The van der Waals surface area contributed by atoms with E-state index in [9.17, 15) is 9.59 Å². The predicted molar refractivity (Wildman–Crippen MR) is 117 cm³/mol. The summed E-state index contributed by atoms with van der Waals surface area (Å²) < 4.78 is 1.77. The lowest BCUT2D eigenvalue weighted by molar-refractivity contribution is -0.116. The zero-order chi connectivity index (χ0) is 19.8. The van der Waals surface area contributed by atoms with Gasteiger partial charge in [-0.3, -0.25) is 14.2 Å². The van der Waals surface area contributed by atoms with Crippen LogP contribution in [0, 0.1) is 13.8 Å². The van der Waals surface area contributed by atoms with Crippen molar-refractivity contribution in [3.63, 3.8) is 0 Å². The summed E-state index contributed by atoms with van der Waals surface area (Å²) in [7, 11) is 0. The van der Waals surface area contributed by atoms with Crippen LogP contribution in [-0.2, 0) is 17.6 Å². The average Bonchev–Trinajstić information content (AvgIpc) is 3.02. The number of hydrogen-bond acceptors (Lipinski definition) is 5. The van der Waals surface area contributed by atoms with Gasteiger partial charge >= 0.3 is 0 Å². The number of fused-ring (bicyclic) bond motifs is 3. The van der Waals surface area contributed by atoms with Crippen molar-refractivity contribution in [1.82, 2.24) is 9.55 Å². The van der Waals surface area contributed by atoms with E-state index in [4.69, 9.17) is 4.98 Å². The fourth-order valence-corrected chi connectivity index (χ4v) is 6.09. The van der Waals surface area contributed by atoms with E-state index in [1.165, 1.54) is 28.6 Å². The Bertz CT molecular complexity index is 1130. The minimum absolute atomic E-state index is 0.0309. The predicted octanol–water partition coefficient (Wildman–Crippen LogP) is 5.01. The average molecular weight is 413 g/mol. The quantitative estimate of drug-likeness (QED) is 0.436. The molecular weight excluding hydrogens is 388 g/mol. The molecule has 6 heteroatoms. The van der Waals surface area contributed by atoms with Crippen molar-refractivity contribution in [2.75, 3.05) is 5.75 Å². The number of ketones is 1. The third-order valence-corrected chi connectivity index (χ3v) is 7.37. The van der Waals surface area contributed by atoms with Gasteiger partial charge in [0.15, 0.2) is 5.16 Å². The first-order valence-corrected chi connectivity index (χ1v) is 11.5. The summed E-state index contributed by atoms with van der Waals surface area (Å²) in [6.45, 7) is 5.66. The summed E-state index contributed by atoms with van der Waals surface area (Å²) in [5, 5.41) is 1.49. The van der Waals surface area contributed by atoms with Gasteiger partial charge in [0.1, 0.15) is 10.6 Å². The molecule has 0 N–H and O–H groups in total. The first kappa shape index (κ1) is 19.4. The summed E-state index contributed by atoms with van der Waals surface area (Å²) >= 11 is 3.17. The molecule has 0 saturated carbocycles. The topological polar surface area (TPSA) is 52.0 Å². The number of Topliss-reactive ketones (excluding diaryl/α,β-unsaturated/α-hetero) is 1. The Hall–Kier alpha value is -1.92. The fourth-order valence-electron chi connectivity index (χ4n) is 3.74. The number of benzene rings is 1. The lowest BCUT2D eigenvalue weighted by Gasteiger charge is -2.15. The molecule has 1 aromatic carbocycles. The molecule has 0 amide bonds. The normalized spacial score (nSPS) is 13.7. The van der Waals surface area contributed by atoms with Crippen LogP contribution in [-0.4, -0.2) is 21.1 Å². The van der Waals surface area contributed by atoms with Gasteiger partial charge in [-0.2, -0.15) is 0 Å². The molecule has 4 nitrogen and oxygen atoms in total. The molecule has 0 fully saturated rings. The first-order valence-electron chi connectivity index (χ1n) is 9.73.